The van der Waals surface area contributed by atoms with E-state index in [4.69, 9.17) is 16.6 Å². The third-order valence-electron chi connectivity index (χ3n) is 6.88. The quantitative estimate of drug-likeness (QED) is 0.372. The fourth-order valence-electron chi connectivity index (χ4n) is 5.12. The summed E-state index contributed by atoms with van der Waals surface area (Å²) in [5.41, 5.74) is 3.95. The summed E-state index contributed by atoms with van der Waals surface area (Å²) in [6, 6.07) is 24.1. The van der Waals surface area contributed by atoms with Gasteiger partial charge >= 0.3 is 0 Å². The van der Waals surface area contributed by atoms with Gasteiger partial charge in [-0.25, -0.2) is 0 Å². The summed E-state index contributed by atoms with van der Waals surface area (Å²) in [5, 5.41) is 0.616. The number of rotatable bonds is 5. The molecule has 0 aromatic heterocycles. The van der Waals surface area contributed by atoms with Crippen molar-refractivity contribution in [2.75, 3.05) is 0 Å². The number of ketones is 2. The van der Waals surface area contributed by atoms with Crippen LogP contribution >= 0.6 is 11.6 Å². The fraction of sp³-hybridized carbons (Fsp3) is 0.233. The van der Waals surface area contributed by atoms with Crippen LogP contribution in [0.3, 0.4) is 0 Å². The van der Waals surface area contributed by atoms with E-state index in [1.807, 2.05) is 61.5 Å². The molecular formula is C30H26ClNO2. The van der Waals surface area contributed by atoms with E-state index in [-0.39, 0.29) is 11.6 Å². The first-order valence-electron chi connectivity index (χ1n) is 11.8. The van der Waals surface area contributed by atoms with Crippen molar-refractivity contribution in [3.63, 3.8) is 0 Å². The van der Waals surface area contributed by atoms with Crippen LogP contribution in [0.15, 0.2) is 95.0 Å². The number of carbonyl (C=O) groups is 2. The molecule has 3 aromatic carbocycles. The maximum absolute atomic E-state index is 14.1. The normalized spacial score (nSPS) is 17.1. The Kier molecular flexibility index (Phi) is 6.05. The van der Waals surface area contributed by atoms with Gasteiger partial charge in [-0.1, -0.05) is 103 Å². The van der Waals surface area contributed by atoms with Gasteiger partial charge in [0.05, 0.1) is 16.8 Å². The van der Waals surface area contributed by atoms with Crippen LogP contribution in [-0.4, -0.2) is 22.8 Å². The number of halogens is 1. The monoisotopic (exact) mass is 467 g/mol. The van der Waals surface area contributed by atoms with Crippen molar-refractivity contribution in [3.05, 3.63) is 117 Å². The van der Waals surface area contributed by atoms with Crippen LogP contribution in [-0.2, 0) is 0 Å². The van der Waals surface area contributed by atoms with Crippen LogP contribution in [0.4, 0.5) is 0 Å². The third kappa shape index (κ3) is 4.05. The van der Waals surface area contributed by atoms with Crippen LogP contribution in [0.1, 0.15) is 63.9 Å². The summed E-state index contributed by atoms with van der Waals surface area (Å²) in [4.78, 5) is 33.3. The highest BCUT2D eigenvalue weighted by Gasteiger charge is 2.48. The third-order valence-corrected chi connectivity index (χ3v) is 7.13. The van der Waals surface area contributed by atoms with Gasteiger partial charge in [0.2, 0.25) is 0 Å². The smallest absolute Gasteiger partial charge is 0.195 e. The minimum Gasteiger partial charge on any atom is -0.289 e. The van der Waals surface area contributed by atoms with Gasteiger partial charge in [0.1, 0.15) is 0 Å². The Morgan fingerprint density at radius 3 is 2.03 bits per heavy atom. The molecule has 0 amide bonds. The molecule has 0 N–H and O–H groups in total. The molecule has 5 rings (SSSR count). The number of aryl methyl sites for hydroxylation is 1. The van der Waals surface area contributed by atoms with Gasteiger partial charge in [0.25, 0.3) is 0 Å². The SMILES string of the molecule is Cc1ccc(C(=O)C2=C(C(=O)c3ccccc3)C(c3ccc(Cl)cc3)=NC23CCCCC3)cc1. The van der Waals surface area contributed by atoms with E-state index in [9.17, 15) is 9.59 Å². The van der Waals surface area contributed by atoms with Gasteiger partial charge in [-0.05, 0) is 31.9 Å². The predicted molar refractivity (Wildman–Crippen MR) is 137 cm³/mol. The van der Waals surface area contributed by atoms with Crippen LogP contribution in [0, 0.1) is 6.92 Å². The number of aliphatic imine (C=N–C) groups is 1. The zero-order valence-electron chi connectivity index (χ0n) is 19.2. The predicted octanol–water partition coefficient (Wildman–Crippen LogP) is 7.22. The molecule has 0 saturated heterocycles. The van der Waals surface area contributed by atoms with E-state index >= 15 is 0 Å². The van der Waals surface area contributed by atoms with Crippen molar-refractivity contribution < 1.29 is 9.59 Å². The molecule has 0 bridgehead atoms. The van der Waals surface area contributed by atoms with Gasteiger partial charge in [0.15, 0.2) is 11.6 Å². The Morgan fingerprint density at radius 2 is 1.38 bits per heavy atom. The summed E-state index contributed by atoms with van der Waals surface area (Å²) in [6.07, 6.45) is 4.61. The lowest BCUT2D eigenvalue weighted by molar-refractivity contribution is 0.0988. The van der Waals surface area contributed by atoms with Gasteiger partial charge in [0, 0.05) is 27.3 Å². The number of allylic oxidation sites excluding steroid dienone is 1. The summed E-state index contributed by atoms with van der Waals surface area (Å²) in [6.45, 7) is 2.00. The molecule has 1 aliphatic heterocycles. The van der Waals surface area contributed by atoms with Crippen molar-refractivity contribution in [2.24, 2.45) is 4.99 Å². The van der Waals surface area contributed by atoms with Gasteiger partial charge < -0.3 is 0 Å². The van der Waals surface area contributed by atoms with Crippen molar-refractivity contribution in [2.45, 2.75) is 44.6 Å². The molecule has 34 heavy (non-hydrogen) atoms. The van der Waals surface area contributed by atoms with Crippen LogP contribution < -0.4 is 0 Å². The summed E-state index contributed by atoms with van der Waals surface area (Å²) in [5.74, 6) is -0.263. The van der Waals surface area contributed by atoms with Crippen LogP contribution in [0.25, 0.3) is 0 Å². The molecule has 1 heterocycles. The molecule has 0 unspecified atom stereocenters. The molecule has 170 valence electrons. The average Bonchev–Trinajstić information content (AvgIpc) is 3.19. The van der Waals surface area contributed by atoms with E-state index in [2.05, 4.69) is 0 Å². The van der Waals surface area contributed by atoms with Crippen LogP contribution in [0.5, 0.6) is 0 Å². The summed E-state index contributed by atoms with van der Waals surface area (Å²) >= 11 is 6.15. The number of carbonyl (C=O) groups excluding carboxylic acids is 2. The maximum atomic E-state index is 14.1. The zero-order valence-corrected chi connectivity index (χ0v) is 19.9. The highest BCUT2D eigenvalue weighted by Crippen LogP contribution is 2.46. The highest BCUT2D eigenvalue weighted by molar-refractivity contribution is 6.38. The van der Waals surface area contributed by atoms with Crippen molar-refractivity contribution in [1.29, 1.82) is 0 Å². The first-order chi connectivity index (χ1) is 16.5. The van der Waals surface area contributed by atoms with Crippen molar-refractivity contribution in [3.8, 4) is 0 Å². The molecule has 1 saturated carbocycles. The van der Waals surface area contributed by atoms with E-state index < -0.39 is 5.54 Å². The van der Waals surface area contributed by atoms with E-state index in [1.54, 1.807) is 24.3 Å². The second kappa shape index (κ2) is 9.15. The standard InChI is InChI=1S/C30H26ClNO2/c1-20-10-12-23(13-11-20)29(34)26-25(28(33)22-8-4-2-5-9-22)27(21-14-16-24(31)17-15-21)32-30(26)18-6-3-7-19-30/h2,4-5,8-17H,3,6-7,18-19H2,1H3. The van der Waals surface area contributed by atoms with Crippen molar-refractivity contribution >= 4 is 28.9 Å². The zero-order chi connectivity index (χ0) is 23.7. The number of benzene rings is 3. The molecule has 2 aliphatic rings. The van der Waals surface area contributed by atoms with E-state index in [0.717, 1.165) is 43.2 Å². The molecule has 3 aromatic rings. The largest absolute Gasteiger partial charge is 0.289 e. The van der Waals surface area contributed by atoms with Gasteiger partial charge in [-0.15, -0.1) is 0 Å². The van der Waals surface area contributed by atoms with Crippen LogP contribution in [0.2, 0.25) is 5.02 Å². The Hall–Kier alpha value is -3.30. The molecule has 0 atom stereocenters. The average molecular weight is 468 g/mol. The second-order valence-corrected chi connectivity index (χ2v) is 9.64. The van der Waals surface area contributed by atoms with E-state index in [0.29, 0.717) is 33.0 Å². The van der Waals surface area contributed by atoms with Crippen molar-refractivity contribution in [1.82, 2.24) is 0 Å². The Morgan fingerprint density at radius 1 is 0.765 bits per heavy atom. The Bertz CT molecular complexity index is 1300. The number of hydrogen-bond donors (Lipinski definition) is 0. The number of Topliss-reactive ketones (excluding diaryl/α,β-unsaturated/α-hetero) is 2. The van der Waals surface area contributed by atoms with Gasteiger partial charge in [-0.2, -0.15) is 0 Å². The molecule has 3 nitrogen and oxygen atoms in total. The first kappa shape index (κ1) is 22.5. The maximum Gasteiger partial charge on any atom is 0.195 e. The topological polar surface area (TPSA) is 46.5 Å². The molecule has 0 radical (unpaired) electrons. The molecule has 1 fully saturated rings. The van der Waals surface area contributed by atoms with E-state index in [1.165, 1.54) is 0 Å². The minimum atomic E-state index is -0.672. The first-order valence-corrected chi connectivity index (χ1v) is 12.2. The highest BCUT2D eigenvalue weighted by atomic mass is 35.5. The lowest BCUT2D eigenvalue weighted by Crippen LogP contribution is -2.34. The Labute approximate surface area is 205 Å². The molecule has 1 aliphatic carbocycles. The molecule has 1 spiro atoms. The summed E-state index contributed by atoms with van der Waals surface area (Å²) < 4.78 is 0. The number of hydrogen-bond acceptors (Lipinski definition) is 3. The second-order valence-electron chi connectivity index (χ2n) is 9.20. The number of nitrogens with zero attached hydrogens (tertiary/aromatic N) is 1. The molecular weight excluding hydrogens is 442 g/mol. The fourth-order valence-corrected chi connectivity index (χ4v) is 5.25. The Balaban J connectivity index is 1.76. The lowest BCUT2D eigenvalue weighted by Gasteiger charge is -2.33. The lowest BCUT2D eigenvalue weighted by atomic mass is 9.73. The summed E-state index contributed by atoms with van der Waals surface area (Å²) in [7, 11) is 0. The molecule has 4 heteroatoms. The minimum absolute atomic E-state index is 0.103. The van der Waals surface area contributed by atoms with Gasteiger partial charge in [-0.3, -0.25) is 14.6 Å².